The first-order valence-corrected chi connectivity index (χ1v) is 21.5. The molecule has 0 aromatic heterocycles. The maximum Gasteiger partial charge on any atom is 0.316 e. The van der Waals surface area contributed by atoms with Gasteiger partial charge in [-0.15, -0.1) is 0 Å². The van der Waals surface area contributed by atoms with Crippen molar-refractivity contribution in [3.63, 3.8) is 0 Å². The second-order valence-corrected chi connectivity index (χ2v) is 18.1. The lowest BCUT2D eigenvalue weighted by Gasteiger charge is -2.48. The van der Waals surface area contributed by atoms with E-state index in [0.717, 1.165) is 12.0 Å². The van der Waals surface area contributed by atoms with Gasteiger partial charge in [0, 0.05) is 44.6 Å². The number of esters is 2. The third kappa shape index (κ3) is 9.44. The lowest BCUT2D eigenvalue weighted by Crippen LogP contribution is -2.58. The van der Waals surface area contributed by atoms with Crippen LogP contribution in [-0.2, 0) is 47.5 Å². The van der Waals surface area contributed by atoms with Gasteiger partial charge in [0.05, 0.1) is 31.0 Å². The molecule has 0 radical (unpaired) electrons. The lowest BCUT2D eigenvalue weighted by molar-refractivity contribution is -0.300. The monoisotopic (exact) mass is 812 g/mol. The van der Waals surface area contributed by atoms with Gasteiger partial charge >= 0.3 is 11.9 Å². The number of carbonyl (C=O) groups is 2. The first kappa shape index (κ1) is 44.9. The Labute approximate surface area is 344 Å². The van der Waals surface area contributed by atoms with E-state index in [2.05, 4.69) is 39.8 Å². The molecular formula is C46H68O12. The van der Waals surface area contributed by atoms with Gasteiger partial charge in [-0.2, -0.15) is 0 Å². The van der Waals surface area contributed by atoms with E-state index in [0.29, 0.717) is 43.3 Å². The summed E-state index contributed by atoms with van der Waals surface area (Å²) in [5, 5.41) is 23.6. The standard InChI is InChI=1S/C46H68O12/c1-11-26(4)41-29(7)17-18-45(58-41)23-34-21-33(57-45)16-15-28(6)40(56-38-22-36(51-10)42(31(9)53-38)55-37(47)19-25(2)3)27(5)13-12-14-32-24-52-43-39(48)30(8)20-35(44(49)54-34)46(32,43)50/h12-15,17-18,20,25-27,29,31,33-36,38-43,48,50H,11,16,19,21-24H2,1-10H3/b13-12+,28-15+,32-14+/t26?,27-,29-,31-,33+,34-,35?,36-,38?,39+,40-,41+,42-,43+,45?,46+/m0/s1. The number of hydrogen-bond acceptors (Lipinski definition) is 12. The lowest BCUT2D eigenvalue weighted by atomic mass is 9.71. The van der Waals surface area contributed by atoms with Crippen LogP contribution in [0.2, 0.25) is 0 Å². The van der Waals surface area contributed by atoms with Crippen LogP contribution in [0.25, 0.3) is 0 Å². The Morgan fingerprint density at radius 3 is 2.50 bits per heavy atom. The van der Waals surface area contributed by atoms with Crippen LogP contribution in [0.4, 0.5) is 0 Å². The first-order valence-electron chi connectivity index (χ1n) is 21.5. The van der Waals surface area contributed by atoms with Crippen LogP contribution in [0.1, 0.15) is 101 Å². The summed E-state index contributed by atoms with van der Waals surface area (Å²) in [6.07, 6.45) is 10.5. The molecule has 0 amide bonds. The number of allylic oxidation sites excluding steroid dienone is 2. The van der Waals surface area contributed by atoms with Gasteiger partial charge in [0.1, 0.15) is 35.9 Å². The molecule has 12 nitrogen and oxygen atoms in total. The Kier molecular flexibility index (Phi) is 14.3. The Bertz CT molecular complexity index is 1630. The quantitative estimate of drug-likeness (QED) is 0.205. The minimum Gasteiger partial charge on any atom is -0.462 e. The zero-order valence-corrected chi connectivity index (χ0v) is 36.1. The largest absolute Gasteiger partial charge is 0.462 e. The third-order valence-electron chi connectivity index (χ3n) is 13.1. The maximum absolute atomic E-state index is 14.3. The Morgan fingerprint density at radius 1 is 1.03 bits per heavy atom. The van der Waals surface area contributed by atoms with E-state index >= 15 is 0 Å². The second kappa shape index (κ2) is 18.5. The van der Waals surface area contributed by atoms with Crippen LogP contribution in [0.15, 0.2) is 59.3 Å². The predicted molar refractivity (Wildman–Crippen MR) is 216 cm³/mol. The molecule has 0 aromatic rings. The fourth-order valence-corrected chi connectivity index (χ4v) is 9.56. The molecule has 6 rings (SSSR count). The number of rotatable bonds is 8. The van der Waals surface area contributed by atoms with Crippen molar-refractivity contribution in [2.24, 2.45) is 29.6 Å². The van der Waals surface area contributed by atoms with Crippen LogP contribution >= 0.6 is 0 Å². The number of aliphatic hydroxyl groups excluding tert-OH is 1. The number of methoxy groups -OCH3 is 1. The summed E-state index contributed by atoms with van der Waals surface area (Å²) in [6, 6.07) is 0. The topological polar surface area (TPSA) is 148 Å². The van der Waals surface area contributed by atoms with Crippen LogP contribution < -0.4 is 0 Å². The molecule has 0 aromatic carbocycles. The summed E-state index contributed by atoms with van der Waals surface area (Å²) in [6.45, 7) is 18.1. The Balaban J connectivity index is 1.34. The van der Waals surface area contributed by atoms with Crippen LogP contribution in [0.5, 0.6) is 0 Å². The van der Waals surface area contributed by atoms with Gasteiger partial charge in [0.2, 0.25) is 0 Å². The molecule has 58 heavy (non-hydrogen) atoms. The normalized spacial score (nSPS) is 44.9. The first-order chi connectivity index (χ1) is 27.5. The zero-order valence-electron chi connectivity index (χ0n) is 36.1. The van der Waals surface area contributed by atoms with E-state index in [1.165, 1.54) is 0 Å². The van der Waals surface area contributed by atoms with Gasteiger partial charge in [0.15, 0.2) is 18.2 Å². The van der Waals surface area contributed by atoms with Crippen LogP contribution in [0, 0.1) is 29.6 Å². The molecule has 12 heteroatoms. The van der Waals surface area contributed by atoms with E-state index in [4.69, 9.17) is 37.9 Å². The molecule has 3 saturated heterocycles. The van der Waals surface area contributed by atoms with Gasteiger partial charge in [-0.1, -0.05) is 84.4 Å². The third-order valence-corrected chi connectivity index (χ3v) is 13.1. The van der Waals surface area contributed by atoms with E-state index in [9.17, 15) is 19.8 Å². The summed E-state index contributed by atoms with van der Waals surface area (Å²) in [5.41, 5.74) is 0.133. The molecule has 2 bridgehead atoms. The Morgan fingerprint density at radius 2 is 1.79 bits per heavy atom. The molecule has 2 N–H and O–H groups in total. The summed E-state index contributed by atoms with van der Waals surface area (Å²) >= 11 is 0. The van der Waals surface area contributed by atoms with Gasteiger partial charge in [-0.05, 0) is 61.8 Å². The van der Waals surface area contributed by atoms with E-state index in [-0.39, 0.29) is 48.5 Å². The number of hydrogen-bond donors (Lipinski definition) is 2. The van der Waals surface area contributed by atoms with Crippen molar-refractivity contribution in [3.8, 4) is 0 Å². The highest BCUT2D eigenvalue weighted by molar-refractivity contribution is 5.78. The van der Waals surface area contributed by atoms with Crippen molar-refractivity contribution in [2.75, 3.05) is 13.7 Å². The minimum absolute atomic E-state index is 0.0338. The summed E-state index contributed by atoms with van der Waals surface area (Å²) < 4.78 is 51.0. The molecular weight excluding hydrogens is 744 g/mol. The molecule has 16 atom stereocenters. The average molecular weight is 813 g/mol. The fraction of sp³-hybridized carbons (Fsp3) is 0.739. The predicted octanol–water partition coefficient (Wildman–Crippen LogP) is 6.44. The molecule has 5 aliphatic heterocycles. The van der Waals surface area contributed by atoms with Crippen LogP contribution in [-0.4, -0.2) is 108 Å². The number of ether oxygens (including phenoxy) is 8. The van der Waals surface area contributed by atoms with Crippen molar-refractivity contribution in [1.82, 2.24) is 0 Å². The molecule has 6 aliphatic rings. The van der Waals surface area contributed by atoms with Crippen molar-refractivity contribution in [3.05, 3.63) is 59.3 Å². The van der Waals surface area contributed by atoms with E-state index in [1.807, 2.05) is 45.9 Å². The van der Waals surface area contributed by atoms with Crippen LogP contribution in [0.3, 0.4) is 0 Å². The maximum atomic E-state index is 14.3. The van der Waals surface area contributed by atoms with Gasteiger partial charge < -0.3 is 48.1 Å². The molecule has 1 aliphatic carbocycles. The van der Waals surface area contributed by atoms with Gasteiger partial charge in [-0.3, -0.25) is 9.59 Å². The summed E-state index contributed by atoms with van der Waals surface area (Å²) in [7, 11) is 1.61. The zero-order chi connectivity index (χ0) is 42.1. The molecule has 3 fully saturated rings. The summed E-state index contributed by atoms with van der Waals surface area (Å²) in [4.78, 5) is 27.0. The average Bonchev–Trinajstić information content (AvgIpc) is 3.51. The fourth-order valence-electron chi connectivity index (χ4n) is 9.56. The number of aliphatic hydroxyl groups is 2. The summed E-state index contributed by atoms with van der Waals surface area (Å²) in [5.74, 6) is -2.66. The molecule has 5 heterocycles. The van der Waals surface area contributed by atoms with Crippen molar-refractivity contribution in [2.45, 2.75) is 173 Å². The van der Waals surface area contributed by atoms with Crippen molar-refractivity contribution >= 4 is 11.9 Å². The minimum atomic E-state index is -1.83. The Hall–Kier alpha value is -2.68. The highest BCUT2D eigenvalue weighted by Gasteiger charge is 2.60. The SMILES string of the molecule is CCC(C)[C@H]1OC2(C=C[C@@H]1C)C[C@@H]1C[C@@H](C/C=C(\C)[C@@H](OC3C[C@H](OC)[C@@H](OC(=O)CC(C)C)[C@H](C)O3)[C@@H](C)/C=C/C=C3\CO[C@@H]4[C@H](O)C(C)=CC(C(=O)O1)[C@]34O)O2. The van der Waals surface area contributed by atoms with Gasteiger partial charge in [-0.25, -0.2) is 0 Å². The van der Waals surface area contributed by atoms with E-state index in [1.54, 1.807) is 26.2 Å². The number of fused-ring (bicyclic) bond motifs is 2. The van der Waals surface area contributed by atoms with E-state index < -0.39 is 72.3 Å². The van der Waals surface area contributed by atoms with Crippen molar-refractivity contribution in [1.29, 1.82) is 0 Å². The van der Waals surface area contributed by atoms with Gasteiger partial charge in [0.25, 0.3) is 0 Å². The molecule has 0 saturated carbocycles. The smallest absolute Gasteiger partial charge is 0.316 e. The highest BCUT2D eigenvalue weighted by Crippen LogP contribution is 2.47. The second-order valence-electron chi connectivity index (χ2n) is 18.1. The highest BCUT2D eigenvalue weighted by atomic mass is 16.7. The van der Waals surface area contributed by atoms with Crippen molar-refractivity contribution < 1.29 is 57.7 Å². The number of carbonyl (C=O) groups excluding carboxylic acids is 2. The molecule has 1 spiro atoms. The molecule has 4 unspecified atom stereocenters. The molecule has 324 valence electrons.